The van der Waals surface area contributed by atoms with Gasteiger partial charge in [0.15, 0.2) is 0 Å². The summed E-state index contributed by atoms with van der Waals surface area (Å²) < 4.78 is 0. The van der Waals surface area contributed by atoms with Gasteiger partial charge in [0.2, 0.25) is 0 Å². The van der Waals surface area contributed by atoms with E-state index in [-0.39, 0.29) is 5.54 Å². The smallest absolute Gasteiger partial charge is 0.0444 e. The number of allylic oxidation sites excluding steroid dienone is 1. The molecule has 0 radical (unpaired) electrons. The van der Waals surface area contributed by atoms with E-state index in [0.717, 1.165) is 17.9 Å². The molecule has 2 rings (SSSR count). The number of fused-ring (bicyclic) bond motifs is 1. The largest absolute Gasteiger partial charge is 0.311 e. The number of rotatable bonds is 2. The zero-order chi connectivity index (χ0) is 11.8. The molecule has 1 nitrogen and oxygen atoms in total. The van der Waals surface area contributed by atoms with E-state index in [4.69, 9.17) is 11.6 Å². The Kier molecular flexibility index (Phi) is 3.09. The number of halogens is 1. The molecule has 1 aromatic rings. The summed E-state index contributed by atoms with van der Waals surface area (Å²) in [6.07, 6.45) is 4.46. The number of likely N-dealkylation sites (N-methyl/N-ethyl adjacent to an activating group) is 1. The zero-order valence-electron chi connectivity index (χ0n) is 10.1. The van der Waals surface area contributed by atoms with Crippen LogP contribution in [0.25, 0.3) is 5.57 Å². The van der Waals surface area contributed by atoms with E-state index >= 15 is 0 Å². The molecule has 0 heterocycles. The van der Waals surface area contributed by atoms with Crippen LogP contribution < -0.4 is 5.32 Å². The van der Waals surface area contributed by atoms with Crippen LogP contribution in [0.3, 0.4) is 0 Å². The Bertz CT molecular complexity index is 432. The Labute approximate surface area is 103 Å². The maximum atomic E-state index is 6.25. The Morgan fingerprint density at radius 2 is 2.06 bits per heavy atom. The lowest BCUT2D eigenvalue weighted by Crippen LogP contribution is -2.38. The Hall–Kier alpha value is -0.790. The fourth-order valence-electron chi connectivity index (χ4n) is 2.26. The van der Waals surface area contributed by atoms with Gasteiger partial charge in [0.25, 0.3) is 0 Å². The monoisotopic (exact) mass is 235 g/mol. The van der Waals surface area contributed by atoms with E-state index in [9.17, 15) is 0 Å². The Balaban J connectivity index is 2.53. The van der Waals surface area contributed by atoms with Crippen molar-refractivity contribution in [2.24, 2.45) is 0 Å². The molecule has 2 heteroatoms. The summed E-state index contributed by atoms with van der Waals surface area (Å²) in [7, 11) is 2.00. The fraction of sp³-hybridized carbons (Fsp3) is 0.429. The van der Waals surface area contributed by atoms with E-state index in [1.54, 1.807) is 0 Å². The first-order valence-electron chi connectivity index (χ1n) is 5.73. The second-order valence-electron chi connectivity index (χ2n) is 4.80. The van der Waals surface area contributed by atoms with Gasteiger partial charge in [-0.25, -0.2) is 0 Å². The van der Waals surface area contributed by atoms with Gasteiger partial charge in [-0.05, 0) is 56.5 Å². The molecule has 1 N–H and O–H groups in total. The summed E-state index contributed by atoms with van der Waals surface area (Å²) in [4.78, 5) is 0. The summed E-state index contributed by atoms with van der Waals surface area (Å²) in [5, 5.41) is 4.26. The van der Waals surface area contributed by atoms with Crippen LogP contribution in [0.5, 0.6) is 0 Å². The van der Waals surface area contributed by atoms with E-state index in [1.165, 1.54) is 16.7 Å². The van der Waals surface area contributed by atoms with Crippen LogP contribution in [-0.4, -0.2) is 12.6 Å². The summed E-state index contributed by atoms with van der Waals surface area (Å²) in [6, 6.07) is 6.19. The molecule has 1 aliphatic carbocycles. The molecule has 0 bridgehead atoms. The summed E-state index contributed by atoms with van der Waals surface area (Å²) in [5.74, 6) is 0. The molecule has 0 amide bonds. The Morgan fingerprint density at radius 1 is 1.31 bits per heavy atom. The predicted molar refractivity (Wildman–Crippen MR) is 70.9 cm³/mol. The standard InChI is InChI=1S/C14H18ClN/c1-14(2,16-3)12-8-4-7-11-10(12)6-5-9-13(11)15/h5-6,8-9,16H,4,7H2,1-3H3. The second-order valence-corrected chi connectivity index (χ2v) is 5.20. The molecule has 0 aliphatic heterocycles. The summed E-state index contributed by atoms with van der Waals surface area (Å²) in [5.41, 5.74) is 3.96. The number of hydrogen-bond donors (Lipinski definition) is 1. The third-order valence-corrected chi connectivity index (χ3v) is 3.80. The van der Waals surface area contributed by atoms with E-state index in [0.29, 0.717) is 0 Å². The molecule has 0 aromatic heterocycles. The quantitative estimate of drug-likeness (QED) is 0.825. The fourth-order valence-corrected chi connectivity index (χ4v) is 2.53. The van der Waals surface area contributed by atoms with E-state index < -0.39 is 0 Å². The second kappa shape index (κ2) is 4.23. The normalized spacial score (nSPS) is 15.6. The lowest BCUT2D eigenvalue weighted by Gasteiger charge is -2.32. The third kappa shape index (κ3) is 1.90. The van der Waals surface area contributed by atoms with Crippen molar-refractivity contribution >= 4 is 17.2 Å². The number of benzene rings is 1. The van der Waals surface area contributed by atoms with Crippen molar-refractivity contribution < 1.29 is 0 Å². The number of nitrogens with one attached hydrogen (secondary N) is 1. The lowest BCUT2D eigenvalue weighted by molar-refractivity contribution is 0.541. The van der Waals surface area contributed by atoms with Gasteiger partial charge < -0.3 is 5.32 Å². The molecule has 1 aromatic carbocycles. The van der Waals surface area contributed by atoms with Gasteiger partial charge in [0.1, 0.15) is 0 Å². The SMILES string of the molecule is CNC(C)(C)C1=CCCc2c(Cl)cccc21. The van der Waals surface area contributed by atoms with Crippen LogP contribution in [0.4, 0.5) is 0 Å². The van der Waals surface area contributed by atoms with Crippen molar-refractivity contribution in [3.8, 4) is 0 Å². The molecule has 0 atom stereocenters. The Morgan fingerprint density at radius 3 is 2.75 bits per heavy atom. The molecule has 16 heavy (non-hydrogen) atoms. The molecule has 0 fully saturated rings. The van der Waals surface area contributed by atoms with E-state index in [2.05, 4.69) is 31.3 Å². The zero-order valence-corrected chi connectivity index (χ0v) is 10.9. The van der Waals surface area contributed by atoms with Gasteiger partial charge in [-0.15, -0.1) is 0 Å². The van der Waals surface area contributed by atoms with Crippen LogP contribution >= 0.6 is 11.6 Å². The molecular formula is C14H18ClN. The minimum absolute atomic E-state index is 0.000147. The van der Waals surface area contributed by atoms with E-state index in [1.807, 2.05) is 19.2 Å². The van der Waals surface area contributed by atoms with Crippen molar-refractivity contribution in [2.75, 3.05) is 7.05 Å². The average molecular weight is 236 g/mol. The highest BCUT2D eigenvalue weighted by molar-refractivity contribution is 6.31. The van der Waals surface area contributed by atoms with Crippen molar-refractivity contribution in [1.29, 1.82) is 0 Å². The predicted octanol–water partition coefficient (Wildman–Crippen LogP) is 3.67. The van der Waals surface area contributed by atoms with Crippen LogP contribution in [0.2, 0.25) is 5.02 Å². The molecule has 0 saturated heterocycles. The minimum Gasteiger partial charge on any atom is -0.311 e. The average Bonchev–Trinajstić information content (AvgIpc) is 2.29. The van der Waals surface area contributed by atoms with Crippen LogP contribution in [0.1, 0.15) is 31.4 Å². The maximum Gasteiger partial charge on any atom is 0.0444 e. The van der Waals surface area contributed by atoms with Gasteiger partial charge in [0.05, 0.1) is 0 Å². The first-order chi connectivity index (χ1) is 7.56. The topological polar surface area (TPSA) is 12.0 Å². The van der Waals surface area contributed by atoms with Crippen molar-refractivity contribution in [2.45, 2.75) is 32.2 Å². The summed E-state index contributed by atoms with van der Waals surface area (Å²) >= 11 is 6.25. The van der Waals surface area contributed by atoms with Gasteiger partial charge in [-0.1, -0.05) is 29.8 Å². The molecule has 86 valence electrons. The highest BCUT2D eigenvalue weighted by Gasteiger charge is 2.26. The third-order valence-electron chi connectivity index (χ3n) is 3.45. The van der Waals surface area contributed by atoms with Gasteiger partial charge in [0, 0.05) is 10.6 Å². The van der Waals surface area contributed by atoms with Crippen LogP contribution in [0, 0.1) is 0 Å². The van der Waals surface area contributed by atoms with Crippen molar-refractivity contribution in [1.82, 2.24) is 5.32 Å². The molecule has 1 aliphatic rings. The molecule has 0 spiro atoms. The highest BCUT2D eigenvalue weighted by atomic mass is 35.5. The maximum absolute atomic E-state index is 6.25. The van der Waals surface area contributed by atoms with Crippen molar-refractivity contribution in [3.05, 3.63) is 40.4 Å². The summed E-state index contributed by atoms with van der Waals surface area (Å²) in [6.45, 7) is 4.41. The molecular weight excluding hydrogens is 218 g/mol. The molecule has 0 unspecified atom stereocenters. The van der Waals surface area contributed by atoms with Gasteiger partial charge in [-0.3, -0.25) is 0 Å². The first kappa shape index (κ1) is 11.7. The van der Waals surface area contributed by atoms with Gasteiger partial charge >= 0.3 is 0 Å². The first-order valence-corrected chi connectivity index (χ1v) is 6.11. The minimum atomic E-state index is -0.000147. The molecule has 0 saturated carbocycles. The van der Waals surface area contributed by atoms with Crippen molar-refractivity contribution in [3.63, 3.8) is 0 Å². The highest BCUT2D eigenvalue weighted by Crippen LogP contribution is 2.36. The number of hydrogen-bond acceptors (Lipinski definition) is 1. The van der Waals surface area contributed by atoms with Gasteiger partial charge in [-0.2, -0.15) is 0 Å². The van der Waals surface area contributed by atoms with Crippen LogP contribution in [-0.2, 0) is 6.42 Å². The lowest BCUT2D eigenvalue weighted by atomic mass is 9.81. The van der Waals surface area contributed by atoms with Crippen LogP contribution in [0.15, 0.2) is 24.3 Å².